The topological polar surface area (TPSA) is 29.5 Å². The zero-order valence-electron chi connectivity index (χ0n) is 15.8. The first-order chi connectivity index (χ1) is 11.3. The first kappa shape index (κ1) is 21.0. The van der Waals surface area contributed by atoms with Crippen LogP contribution in [0.5, 0.6) is 0 Å². The number of hydrogen-bond donors (Lipinski definition) is 1. The summed E-state index contributed by atoms with van der Waals surface area (Å²) >= 11 is 0. The van der Waals surface area contributed by atoms with E-state index in [4.69, 9.17) is 4.74 Å². The van der Waals surface area contributed by atoms with E-state index in [1.165, 1.54) is 89.9 Å². The smallest absolute Gasteiger partial charge is 0.165 e. The summed E-state index contributed by atoms with van der Waals surface area (Å²) in [6, 6.07) is 0. The summed E-state index contributed by atoms with van der Waals surface area (Å²) in [7, 11) is 0. The Morgan fingerprint density at radius 2 is 1.13 bits per heavy atom. The van der Waals surface area contributed by atoms with Crippen molar-refractivity contribution in [3.05, 3.63) is 0 Å². The highest BCUT2D eigenvalue weighted by Crippen LogP contribution is 2.28. The third-order valence-corrected chi connectivity index (χ3v) is 5.25. The van der Waals surface area contributed by atoms with Crippen LogP contribution in [0.3, 0.4) is 0 Å². The average Bonchev–Trinajstić information content (AvgIpc) is 2.98. The zero-order valence-corrected chi connectivity index (χ0v) is 15.8. The minimum atomic E-state index is -0.767. The highest BCUT2D eigenvalue weighted by molar-refractivity contribution is 4.72. The second-order valence-electron chi connectivity index (χ2n) is 7.60. The predicted molar refractivity (Wildman–Crippen MR) is 99.7 cm³/mol. The molecule has 0 bridgehead atoms. The lowest BCUT2D eigenvalue weighted by Gasteiger charge is -2.21. The summed E-state index contributed by atoms with van der Waals surface area (Å²) in [6.45, 7) is 3.03. The van der Waals surface area contributed by atoms with Crippen LogP contribution in [0, 0.1) is 0 Å². The molecule has 0 aromatic rings. The molecule has 23 heavy (non-hydrogen) atoms. The van der Waals surface area contributed by atoms with Gasteiger partial charge < -0.3 is 9.84 Å². The molecule has 0 amide bonds. The van der Waals surface area contributed by atoms with Gasteiger partial charge >= 0.3 is 0 Å². The van der Waals surface area contributed by atoms with Crippen molar-refractivity contribution in [1.29, 1.82) is 0 Å². The molecule has 1 N–H and O–H groups in total. The van der Waals surface area contributed by atoms with Crippen LogP contribution in [0.15, 0.2) is 0 Å². The molecule has 0 aromatic heterocycles. The van der Waals surface area contributed by atoms with Gasteiger partial charge in [0.1, 0.15) is 0 Å². The van der Waals surface area contributed by atoms with Gasteiger partial charge in [-0.05, 0) is 12.8 Å². The van der Waals surface area contributed by atoms with Crippen molar-refractivity contribution in [2.75, 3.05) is 6.61 Å². The molecule has 1 fully saturated rings. The summed E-state index contributed by atoms with van der Waals surface area (Å²) in [6.07, 6.45) is 23.5. The van der Waals surface area contributed by atoms with Crippen molar-refractivity contribution in [2.24, 2.45) is 0 Å². The number of unbranched alkanes of at least 4 members (excludes halogenated alkanes) is 14. The number of aliphatic hydroxyl groups is 1. The summed E-state index contributed by atoms with van der Waals surface area (Å²) in [5.74, 6) is -0.767. The molecule has 1 heterocycles. The maximum atomic E-state index is 10.1. The average molecular weight is 327 g/mol. The minimum absolute atomic E-state index is 0.745. The lowest BCUT2D eigenvalue weighted by atomic mass is 10.0. The molecule has 1 atom stereocenters. The summed E-state index contributed by atoms with van der Waals surface area (Å²) in [5.41, 5.74) is 0. The Bertz CT molecular complexity index is 246. The second-order valence-corrected chi connectivity index (χ2v) is 7.60. The van der Waals surface area contributed by atoms with Crippen molar-refractivity contribution in [3.63, 3.8) is 0 Å². The number of ether oxygens (including phenoxy) is 1. The Kier molecular flexibility index (Phi) is 13.0. The molecule has 1 aliphatic heterocycles. The fourth-order valence-electron chi connectivity index (χ4n) is 3.65. The van der Waals surface area contributed by atoms with Crippen molar-refractivity contribution in [1.82, 2.24) is 0 Å². The molecule has 0 radical (unpaired) electrons. The molecule has 0 aliphatic carbocycles. The molecule has 0 spiro atoms. The van der Waals surface area contributed by atoms with E-state index in [2.05, 4.69) is 6.92 Å². The van der Waals surface area contributed by atoms with Crippen LogP contribution in [-0.4, -0.2) is 17.5 Å². The van der Waals surface area contributed by atoms with E-state index < -0.39 is 5.79 Å². The molecule has 138 valence electrons. The van der Waals surface area contributed by atoms with E-state index in [1.807, 2.05) is 0 Å². The number of rotatable bonds is 16. The Balaban J connectivity index is 1.70. The molecule has 1 saturated heterocycles. The Morgan fingerprint density at radius 1 is 0.696 bits per heavy atom. The first-order valence-corrected chi connectivity index (χ1v) is 10.6. The van der Waals surface area contributed by atoms with Gasteiger partial charge in [0, 0.05) is 12.8 Å². The largest absolute Gasteiger partial charge is 0.365 e. The van der Waals surface area contributed by atoms with Crippen LogP contribution >= 0.6 is 0 Å². The van der Waals surface area contributed by atoms with Gasteiger partial charge in [-0.15, -0.1) is 0 Å². The van der Waals surface area contributed by atoms with Gasteiger partial charge in [0.05, 0.1) is 6.61 Å². The van der Waals surface area contributed by atoms with E-state index >= 15 is 0 Å². The number of hydrogen-bond acceptors (Lipinski definition) is 2. The van der Waals surface area contributed by atoms with E-state index in [0.717, 1.165) is 32.3 Å². The van der Waals surface area contributed by atoms with Gasteiger partial charge in [-0.1, -0.05) is 96.8 Å². The molecule has 0 saturated carbocycles. The van der Waals surface area contributed by atoms with Gasteiger partial charge in [-0.2, -0.15) is 0 Å². The van der Waals surface area contributed by atoms with Crippen LogP contribution in [-0.2, 0) is 4.74 Å². The van der Waals surface area contributed by atoms with E-state index in [1.54, 1.807) is 0 Å². The maximum Gasteiger partial charge on any atom is 0.165 e. The Labute approximate surface area is 145 Å². The fraction of sp³-hybridized carbons (Fsp3) is 1.00. The van der Waals surface area contributed by atoms with Gasteiger partial charge in [-0.3, -0.25) is 0 Å². The summed E-state index contributed by atoms with van der Waals surface area (Å²) in [4.78, 5) is 0. The summed E-state index contributed by atoms with van der Waals surface area (Å²) < 4.78 is 5.42. The molecule has 1 aliphatic rings. The lowest BCUT2D eigenvalue weighted by molar-refractivity contribution is -0.175. The van der Waals surface area contributed by atoms with Crippen LogP contribution < -0.4 is 0 Å². The molecule has 2 nitrogen and oxygen atoms in total. The highest BCUT2D eigenvalue weighted by Gasteiger charge is 2.31. The standard InChI is InChI=1S/C21H42O2/c1-2-3-4-5-6-7-8-9-10-11-12-13-14-15-16-18-21(22)19-17-20-23-21/h22H,2-20H2,1H3. The predicted octanol–water partition coefficient (Wildman–Crippen LogP) is 6.75. The van der Waals surface area contributed by atoms with E-state index in [9.17, 15) is 5.11 Å². The fourth-order valence-corrected chi connectivity index (χ4v) is 3.65. The molecule has 0 aromatic carbocycles. The second kappa shape index (κ2) is 14.3. The molecule has 1 unspecified atom stereocenters. The molecular weight excluding hydrogens is 284 g/mol. The van der Waals surface area contributed by atoms with Crippen LogP contribution in [0.2, 0.25) is 0 Å². The van der Waals surface area contributed by atoms with Gasteiger partial charge in [0.15, 0.2) is 5.79 Å². The Morgan fingerprint density at radius 3 is 1.52 bits per heavy atom. The van der Waals surface area contributed by atoms with E-state index in [0.29, 0.717) is 0 Å². The van der Waals surface area contributed by atoms with Crippen LogP contribution in [0.25, 0.3) is 0 Å². The van der Waals surface area contributed by atoms with E-state index in [-0.39, 0.29) is 0 Å². The van der Waals surface area contributed by atoms with Gasteiger partial charge in [-0.25, -0.2) is 0 Å². The monoisotopic (exact) mass is 326 g/mol. The van der Waals surface area contributed by atoms with Gasteiger partial charge in [0.2, 0.25) is 0 Å². The third-order valence-electron chi connectivity index (χ3n) is 5.25. The normalized spacial score (nSPS) is 21.1. The van der Waals surface area contributed by atoms with Crippen LogP contribution in [0.1, 0.15) is 122 Å². The van der Waals surface area contributed by atoms with Crippen molar-refractivity contribution in [2.45, 2.75) is 128 Å². The highest BCUT2D eigenvalue weighted by atomic mass is 16.6. The summed E-state index contributed by atoms with van der Waals surface area (Å²) in [5, 5.41) is 10.1. The molecule has 2 heteroatoms. The Hall–Kier alpha value is -0.0800. The molecule has 1 rings (SSSR count). The van der Waals surface area contributed by atoms with Crippen LogP contribution in [0.4, 0.5) is 0 Å². The van der Waals surface area contributed by atoms with Crippen molar-refractivity contribution < 1.29 is 9.84 Å². The minimum Gasteiger partial charge on any atom is -0.365 e. The molecular formula is C21H42O2. The van der Waals surface area contributed by atoms with Crippen molar-refractivity contribution >= 4 is 0 Å². The lowest BCUT2D eigenvalue weighted by Crippen LogP contribution is -2.26. The SMILES string of the molecule is CCCCCCCCCCCCCCCCCC1(O)CCCO1. The quantitative estimate of drug-likeness (QED) is 0.318. The maximum absolute atomic E-state index is 10.1. The zero-order chi connectivity index (χ0) is 16.6. The van der Waals surface area contributed by atoms with Gasteiger partial charge in [0.25, 0.3) is 0 Å². The van der Waals surface area contributed by atoms with Crippen molar-refractivity contribution in [3.8, 4) is 0 Å². The third kappa shape index (κ3) is 12.0. The first-order valence-electron chi connectivity index (χ1n) is 10.6.